The molecule has 3 amide bonds. The third kappa shape index (κ3) is 5.25. The second kappa shape index (κ2) is 7.97. The predicted octanol–water partition coefficient (Wildman–Crippen LogP) is 2.54. The van der Waals surface area contributed by atoms with E-state index in [0.717, 1.165) is 19.4 Å². The molecule has 0 radical (unpaired) electrons. The summed E-state index contributed by atoms with van der Waals surface area (Å²) in [7, 11) is 0. The number of benzene rings is 1. The van der Waals surface area contributed by atoms with Crippen molar-refractivity contribution in [3.05, 3.63) is 24.3 Å². The van der Waals surface area contributed by atoms with E-state index in [9.17, 15) is 9.59 Å². The fourth-order valence-electron chi connectivity index (χ4n) is 2.73. The molecule has 2 rings (SSSR count). The van der Waals surface area contributed by atoms with Gasteiger partial charge in [0.05, 0.1) is 11.4 Å². The van der Waals surface area contributed by atoms with Gasteiger partial charge in [0.2, 0.25) is 5.91 Å². The number of urea groups is 1. The van der Waals surface area contributed by atoms with Crippen LogP contribution in [0.3, 0.4) is 0 Å². The Hall–Kier alpha value is -2.08. The molecule has 6 nitrogen and oxygen atoms in total. The van der Waals surface area contributed by atoms with E-state index in [1.165, 1.54) is 0 Å². The molecule has 23 heavy (non-hydrogen) atoms. The molecule has 6 heteroatoms. The summed E-state index contributed by atoms with van der Waals surface area (Å²) >= 11 is 0. The van der Waals surface area contributed by atoms with Crippen molar-refractivity contribution in [3.8, 4) is 0 Å². The Bertz CT molecular complexity index is 559. The van der Waals surface area contributed by atoms with Crippen molar-refractivity contribution in [2.75, 3.05) is 17.2 Å². The number of rotatable bonds is 4. The fraction of sp³-hybridized carbons (Fsp3) is 0.529. The highest BCUT2D eigenvalue weighted by Crippen LogP contribution is 2.24. The summed E-state index contributed by atoms with van der Waals surface area (Å²) in [5.74, 6) is 0.0145. The maximum atomic E-state index is 12.5. The minimum Gasteiger partial charge on any atom is -0.336 e. The van der Waals surface area contributed by atoms with Crippen LogP contribution in [0, 0.1) is 5.92 Å². The van der Waals surface area contributed by atoms with Crippen LogP contribution in [-0.2, 0) is 4.79 Å². The first kappa shape index (κ1) is 17.3. The fourth-order valence-corrected chi connectivity index (χ4v) is 2.73. The maximum absolute atomic E-state index is 12.5. The largest absolute Gasteiger partial charge is 0.336 e. The molecular formula is C17H26N4O2. The lowest BCUT2D eigenvalue weighted by atomic mass is 9.92. The monoisotopic (exact) mass is 318 g/mol. The molecule has 1 aliphatic rings. The molecule has 0 bridgehead atoms. The van der Waals surface area contributed by atoms with Crippen molar-refractivity contribution in [2.24, 2.45) is 5.92 Å². The van der Waals surface area contributed by atoms with E-state index >= 15 is 0 Å². The second-order valence-corrected chi connectivity index (χ2v) is 6.36. The predicted molar refractivity (Wildman–Crippen MR) is 92.6 cm³/mol. The molecule has 0 saturated carbocycles. The quantitative estimate of drug-likeness (QED) is 0.688. The van der Waals surface area contributed by atoms with Gasteiger partial charge < -0.3 is 21.3 Å². The molecule has 1 fully saturated rings. The number of hydrogen-bond donors (Lipinski definition) is 4. The molecule has 1 aromatic carbocycles. The van der Waals surface area contributed by atoms with Crippen molar-refractivity contribution in [1.29, 1.82) is 0 Å². The van der Waals surface area contributed by atoms with Crippen LogP contribution in [0.4, 0.5) is 16.2 Å². The van der Waals surface area contributed by atoms with Gasteiger partial charge in [-0.25, -0.2) is 4.79 Å². The van der Waals surface area contributed by atoms with Gasteiger partial charge in [0.1, 0.15) is 0 Å². The molecule has 1 aliphatic heterocycles. The lowest BCUT2D eigenvalue weighted by Crippen LogP contribution is -2.40. The van der Waals surface area contributed by atoms with Crippen molar-refractivity contribution in [1.82, 2.24) is 10.6 Å². The number of hydrogen-bond acceptors (Lipinski definition) is 3. The van der Waals surface area contributed by atoms with Crippen LogP contribution in [0.2, 0.25) is 0 Å². The van der Waals surface area contributed by atoms with Crippen LogP contribution in [0.5, 0.6) is 0 Å². The molecule has 1 heterocycles. The lowest BCUT2D eigenvalue weighted by Gasteiger charge is -2.27. The van der Waals surface area contributed by atoms with E-state index in [1.54, 1.807) is 12.1 Å². The molecule has 0 unspecified atom stereocenters. The first-order chi connectivity index (χ1) is 11.0. The van der Waals surface area contributed by atoms with Gasteiger partial charge in [-0.2, -0.15) is 0 Å². The topological polar surface area (TPSA) is 82.3 Å². The van der Waals surface area contributed by atoms with Crippen molar-refractivity contribution in [3.63, 3.8) is 0 Å². The van der Waals surface area contributed by atoms with Crippen LogP contribution in [0.15, 0.2) is 24.3 Å². The molecule has 1 aromatic rings. The maximum Gasteiger partial charge on any atom is 0.319 e. The smallest absolute Gasteiger partial charge is 0.319 e. The standard InChI is InChI=1S/C17H26N4O2/c1-11(2)19-17(23)21-15-7-5-4-6-14(15)20-16(22)13-8-9-18-12(3)10-13/h4-7,11-13,18H,8-10H2,1-3H3,(H,20,22)(H2,19,21,23)/t12-,13-/m0/s1. The highest BCUT2D eigenvalue weighted by atomic mass is 16.2. The Kier molecular flexibility index (Phi) is 5.98. The van der Waals surface area contributed by atoms with Gasteiger partial charge in [-0.15, -0.1) is 0 Å². The normalized spacial score (nSPS) is 20.9. The molecule has 2 atom stereocenters. The molecule has 0 aromatic heterocycles. The first-order valence-corrected chi connectivity index (χ1v) is 8.16. The van der Waals surface area contributed by atoms with Gasteiger partial charge in [0.25, 0.3) is 0 Å². The summed E-state index contributed by atoms with van der Waals surface area (Å²) in [4.78, 5) is 24.3. The Balaban J connectivity index is 2.02. The van der Waals surface area contributed by atoms with E-state index in [0.29, 0.717) is 17.4 Å². The average Bonchev–Trinajstić information content (AvgIpc) is 2.48. The highest BCUT2D eigenvalue weighted by molar-refractivity contribution is 5.99. The third-order valence-electron chi connectivity index (χ3n) is 3.85. The number of nitrogens with one attached hydrogen (secondary N) is 4. The van der Waals surface area contributed by atoms with Crippen LogP contribution in [0.1, 0.15) is 33.6 Å². The number of amides is 3. The summed E-state index contributed by atoms with van der Waals surface area (Å²) in [5, 5.41) is 11.8. The number of para-hydroxylation sites is 2. The van der Waals surface area contributed by atoms with Crippen LogP contribution >= 0.6 is 0 Å². The highest BCUT2D eigenvalue weighted by Gasteiger charge is 2.25. The molecular weight excluding hydrogens is 292 g/mol. The lowest BCUT2D eigenvalue weighted by molar-refractivity contribution is -0.120. The number of carbonyl (C=O) groups excluding carboxylic acids is 2. The number of carbonyl (C=O) groups is 2. The Labute approximate surface area is 137 Å². The summed E-state index contributed by atoms with van der Waals surface area (Å²) < 4.78 is 0. The zero-order valence-electron chi connectivity index (χ0n) is 14.0. The third-order valence-corrected chi connectivity index (χ3v) is 3.85. The van der Waals surface area contributed by atoms with Gasteiger partial charge in [0, 0.05) is 18.0 Å². The van der Waals surface area contributed by atoms with E-state index in [4.69, 9.17) is 0 Å². The first-order valence-electron chi connectivity index (χ1n) is 8.16. The Morgan fingerprint density at radius 2 is 1.83 bits per heavy atom. The number of piperidine rings is 1. The van der Waals surface area contributed by atoms with Crippen molar-refractivity contribution >= 4 is 23.3 Å². The van der Waals surface area contributed by atoms with Gasteiger partial charge >= 0.3 is 6.03 Å². The minimum absolute atomic E-state index is 0.00352. The minimum atomic E-state index is -0.280. The summed E-state index contributed by atoms with van der Waals surface area (Å²) in [6.45, 7) is 6.73. The second-order valence-electron chi connectivity index (χ2n) is 6.36. The zero-order valence-corrected chi connectivity index (χ0v) is 14.0. The summed E-state index contributed by atoms with van der Waals surface area (Å²) in [5.41, 5.74) is 1.23. The van der Waals surface area contributed by atoms with Gasteiger partial charge in [-0.1, -0.05) is 12.1 Å². The van der Waals surface area contributed by atoms with Crippen molar-refractivity contribution in [2.45, 2.75) is 45.7 Å². The zero-order chi connectivity index (χ0) is 16.8. The van der Waals surface area contributed by atoms with Crippen LogP contribution < -0.4 is 21.3 Å². The Morgan fingerprint density at radius 1 is 1.17 bits per heavy atom. The average molecular weight is 318 g/mol. The molecule has 126 valence electrons. The van der Waals surface area contributed by atoms with E-state index < -0.39 is 0 Å². The van der Waals surface area contributed by atoms with Gasteiger partial charge in [-0.3, -0.25) is 4.79 Å². The number of anilines is 2. The van der Waals surface area contributed by atoms with E-state index in [1.807, 2.05) is 26.0 Å². The summed E-state index contributed by atoms with van der Waals surface area (Å²) in [6, 6.07) is 7.36. The molecule has 0 aliphatic carbocycles. The Morgan fingerprint density at radius 3 is 2.43 bits per heavy atom. The molecule has 0 spiro atoms. The molecule has 4 N–H and O–H groups in total. The SMILES string of the molecule is CC(C)NC(=O)Nc1ccccc1NC(=O)[C@H]1CCN[C@@H](C)C1. The van der Waals surface area contributed by atoms with Crippen LogP contribution in [-0.4, -0.2) is 30.6 Å². The van der Waals surface area contributed by atoms with E-state index in [2.05, 4.69) is 28.2 Å². The summed E-state index contributed by atoms with van der Waals surface area (Å²) in [6.07, 6.45) is 1.66. The van der Waals surface area contributed by atoms with Crippen LogP contribution in [0.25, 0.3) is 0 Å². The molecule has 1 saturated heterocycles. The van der Waals surface area contributed by atoms with Crippen molar-refractivity contribution < 1.29 is 9.59 Å². The van der Waals surface area contributed by atoms with Gasteiger partial charge in [0.15, 0.2) is 0 Å². The van der Waals surface area contributed by atoms with E-state index in [-0.39, 0.29) is 23.9 Å². The van der Waals surface area contributed by atoms with Gasteiger partial charge in [-0.05, 0) is 52.3 Å².